The Labute approximate surface area is 117 Å². The molecule has 0 saturated carbocycles. The lowest BCUT2D eigenvalue weighted by Gasteiger charge is -2.35. The van der Waals surface area contributed by atoms with E-state index in [-0.39, 0.29) is 18.0 Å². The number of nitrogens with one attached hydrogen (secondary N) is 2. The highest BCUT2D eigenvalue weighted by atomic mass is 19.1. The third kappa shape index (κ3) is 3.32. The van der Waals surface area contributed by atoms with Crippen LogP contribution in [0.2, 0.25) is 0 Å². The number of likely N-dealkylation sites (N-methyl/N-ethyl adjacent to an activating group) is 1. The molecule has 20 heavy (non-hydrogen) atoms. The lowest BCUT2D eigenvalue weighted by molar-refractivity contribution is -0.127. The number of rotatable bonds is 4. The Morgan fingerprint density at radius 2 is 2.15 bits per heavy atom. The van der Waals surface area contributed by atoms with Gasteiger partial charge in [-0.05, 0) is 19.1 Å². The molecule has 1 amide bonds. The molecule has 2 rings (SSSR count). The van der Waals surface area contributed by atoms with E-state index in [1.165, 1.54) is 18.2 Å². The van der Waals surface area contributed by atoms with Crippen molar-refractivity contribution in [2.75, 3.05) is 26.2 Å². The number of piperazine rings is 1. The molecule has 4 nitrogen and oxygen atoms in total. The highest BCUT2D eigenvalue weighted by Gasteiger charge is 2.29. The van der Waals surface area contributed by atoms with Crippen molar-refractivity contribution in [1.82, 2.24) is 15.5 Å². The van der Waals surface area contributed by atoms with Gasteiger partial charge in [0.1, 0.15) is 17.7 Å². The first-order valence-corrected chi connectivity index (χ1v) is 6.79. The van der Waals surface area contributed by atoms with Gasteiger partial charge in [-0.25, -0.2) is 8.78 Å². The molecule has 1 saturated heterocycles. The number of hydrogen-bond acceptors (Lipinski definition) is 3. The monoisotopic (exact) mass is 283 g/mol. The van der Waals surface area contributed by atoms with E-state index in [0.717, 1.165) is 0 Å². The third-order valence-electron chi connectivity index (χ3n) is 3.43. The maximum absolute atomic E-state index is 13.7. The zero-order chi connectivity index (χ0) is 14.5. The quantitative estimate of drug-likeness (QED) is 0.862. The molecule has 1 aliphatic heterocycles. The summed E-state index contributed by atoms with van der Waals surface area (Å²) in [6.07, 6.45) is 0. The molecular weight excluding hydrogens is 264 g/mol. The molecule has 1 fully saturated rings. The summed E-state index contributed by atoms with van der Waals surface area (Å²) < 4.78 is 27.4. The zero-order valence-corrected chi connectivity index (χ0v) is 11.5. The number of carbonyl (C=O) groups is 1. The molecule has 1 aromatic carbocycles. The number of halogens is 2. The summed E-state index contributed by atoms with van der Waals surface area (Å²) in [5.74, 6) is -1.26. The lowest BCUT2D eigenvalue weighted by Crippen LogP contribution is -2.57. The van der Waals surface area contributed by atoms with E-state index in [1.807, 2.05) is 11.8 Å². The standard InChI is InChI=1S/C14H19F2N3O/c1-2-18-14(20)13-8-17-6-7-19(13)9-10-11(15)4-3-5-12(10)16/h3-5,13,17H,2,6-9H2,1H3,(H,18,20). The summed E-state index contributed by atoms with van der Waals surface area (Å²) in [4.78, 5) is 13.8. The van der Waals surface area contributed by atoms with Crippen molar-refractivity contribution in [3.8, 4) is 0 Å². The Morgan fingerprint density at radius 3 is 2.80 bits per heavy atom. The molecule has 1 unspecified atom stereocenters. The Balaban J connectivity index is 2.14. The Bertz CT molecular complexity index is 461. The summed E-state index contributed by atoms with van der Waals surface area (Å²) in [6.45, 7) is 4.25. The Morgan fingerprint density at radius 1 is 1.45 bits per heavy atom. The Kier molecular flexibility index (Phi) is 5.03. The van der Waals surface area contributed by atoms with Crippen molar-refractivity contribution in [1.29, 1.82) is 0 Å². The van der Waals surface area contributed by atoms with Gasteiger partial charge in [0.15, 0.2) is 0 Å². The van der Waals surface area contributed by atoms with Gasteiger partial charge in [0.25, 0.3) is 0 Å². The largest absolute Gasteiger partial charge is 0.355 e. The van der Waals surface area contributed by atoms with Gasteiger partial charge in [0, 0.05) is 38.3 Å². The van der Waals surface area contributed by atoms with Crippen LogP contribution in [0.15, 0.2) is 18.2 Å². The minimum atomic E-state index is -0.571. The van der Waals surface area contributed by atoms with Crippen molar-refractivity contribution in [2.24, 2.45) is 0 Å². The fourth-order valence-electron chi connectivity index (χ4n) is 2.37. The average molecular weight is 283 g/mol. The van der Waals surface area contributed by atoms with Crippen molar-refractivity contribution in [3.63, 3.8) is 0 Å². The number of benzene rings is 1. The molecule has 1 atom stereocenters. The number of amides is 1. The Hall–Kier alpha value is -1.53. The highest BCUT2D eigenvalue weighted by Crippen LogP contribution is 2.17. The zero-order valence-electron chi connectivity index (χ0n) is 11.5. The second-order valence-electron chi connectivity index (χ2n) is 4.79. The predicted molar refractivity (Wildman–Crippen MR) is 72.1 cm³/mol. The number of hydrogen-bond donors (Lipinski definition) is 2. The lowest BCUT2D eigenvalue weighted by atomic mass is 10.1. The number of carbonyl (C=O) groups excluding carboxylic acids is 1. The predicted octanol–water partition coefficient (Wildman–Crippen LogP) is 0.875. The molecular formula is C14H19F2N3O. The summed E-state index contributed by atoms with van der Waals surface area (Å²) in [5, 5.41) is 5.88. The SMILES string of the molecule is CCNC(=O)C1CNCCN1Cc1c(F)cccc1F. The van der Waals surface area contributed by atoms with Crippen LogP contribution in [0.4, 0.5) is 8.78 Å². The van der Waals surface area contributed by atoms with Gasteiger partial charge in [-0.1, -0.05) is 6.07 Å². The van der Waals surface area contributed by atoms with Crippen LogP contribution in [0.1, 0.15) is 12.5 Å². The normalized spacial score (nSPS) is 19.9. The molecule has 2 N–H and O–H groups in total. The van der Waals surface area contributed by atoms with Gasteiger partial charge in [0.2, 0.25) is 5.91 Å². The average Bonchev–Trinajstić information content (AvgIpc) is 2.44. The van der Waals surface area contributed by atoms with E-state index >= 15 is 0 Å². The van der Waals surface area contributed by atoms with E-state index in [2.05, 4.69) is 10.6 Å². The molecule has 0 radical (unpaired) electrons. The topological polar surface area (TPSA) is 44.4 Å². The summed E-state index contributed by atoms with van der Waals surface area (Å²) in [7, 11) is 0. The van der Waals surface area contributed by atoms with E-state index in [1.54, 1.807) is 0 Å². The van der Waals surface area contributed by atoms with Crippen LogP contribution >= 0.6 is 0 Å². The first-order chi connectivity index (χ1) is 9.63. The van der Waals surface area contributed by atoms with Crippen LogP contribution in [0.5, 0.6) is 0 Å². The molecule has 0 aliphatic carbocycles. The van der Waals surface area contributed by atoms with E-state index in [9.17, 15) is 13.6 Å². The van der Waals surface area contributed by atoms with Crippen LogP contribution in [0, 0.1) is 11.6 Å². The van der Waals surface area contributed by atoms with Crippen molar-refractivity contribution >= 4 is 5.91 Å². The number of nitrogens with zero attached hydrogens (tertiary/aromatic N) is 1. The van der Waals surface area contributed by atoms with Crippen molar-refractivity contribution in [2.45, 2.75) is 19.5 Å². The summed E-state index contributed by atoms with van der Waals surface area (Å²) in [6, 6.07) is 3.42. The van der Waals surface area contributed by atoms with E-state index < -0.39 is 17.7 Å². The molecule has 1 aliphatic rings. The van der Waals surface area contributed by atoms with Crippen LogP contribution in [0.25, 0.3) is 0 Å². The molecule has 110 valence electrons. The molecule has 0 aromatic heterocycles. The third-order valence-corrected chi connectivity index (χ3v) is 3.43. The molecule has 1 aromatic rings. The van der Waals surface area contributed by atoms with Gasteiger partial charge >= 0.3 is 0 Å². The van der Waals surface area contributed by atoms with Gasteiger partial charge in [-0.3, -0.25) is 9.69 Å². The van der Waals surface area contributed by atoms with Gasteiger partial charge in [0.05, 0.1) is 0 Å². The molecule has 6 heteroatoms. The van der Waals surface area contributed by atoms with E-state index in [0.29, 0.717) is 26.2 Å². The second kappa shape index (κ2) is 6.76. The molecule has 1 heterocycles. The smallest absolute Gasteiger partial charge is 0.238 e. The second-order valence-corrected chi connectivity index (χ2v) is 4.79. The van der Waals surface area contributed by atoms with Gasteiger partial charge in [-0.15, -0.1) is 0 Å². The summed E-state index contributed by atoms with van der Waals surface area (Å²) >= 11 is 0. The van der Waals surface area contributed by atoms with Crippen LogP contribution in [0.3, 0.4) is 0 Å². The van der Waals surface area contributed by atoms with E-state index in [4.69, 9.17) is 0 Å². The van der Waals surface area contributed by atoms with Crippen molar-refractivity contribution in [3.05, 3.63) is 35.4 Å². The van der Waals surface area contributed by atoms with Crippen LogP contribution in [-0.4, -0.2) is 43.0 Å². The van der Waals surface area contributed by atoms with Crippen molar-refractivity contribution < 1.29 is 13.6 Å². The fourth-order valence-corrected chi connectivity index (χ4v) is 2.37. The van der Waals surface area contributed by atoms with Gasteiger partial charge in [-0.2, -0.15) is 0 Å². The first-order valence-electron chi connectivity index (χ1n) is 6.79. The minimum absolute atomic E-state index is 0.0173. The maximum Gasteiger partial charge on any atom is 0.238 e. The fraction of sp³-hybridized carbons (Fsp3) is 0.500. The van der Waals surface area contributed by atoms with Crippen LogP contribution in [-0.2, 0) is 11.3 Å². The minimum Gasteiger partial charge on any atom is -0.355 e. The summed E-state index contributed by atoms with van der Waals surface area (Å²) in [5.41, 5.74) is 0.0173. The highest BCUT2D eigenvalue weighted by molar-refractivity contribution is 5.82. The molecule has 0 spiro atoms. The maximum atomic E-state index is 13.7. The first kappa shape index (κ1) is 14.9. The van der Waals surface area contributed by atoms with Gasteiger partial charge < -0.3 is 10.6 Å². The van der Waals surface area contributed by atoms with Crippen LogP contribution < -0.4 is 10.6 Å². The molecule has 0 bridgehead atoms.